The number of rotatable bonds is 8. The Balaban J connectivity index is 1.42. The molecule has 8 heteroatoms. The highest BCUT2D eigenvalue weighted by molar-refractivity contribution is 9.10. The average molecular weight is 524 g/mol. The van der Waals surface area contributed by atoms with Crippen LogP contribution in [0.15, 0.2) is 52.3 Å². The molecule has 3 aromatic rings. The first-order valence-corrected chi connectivity index (χ1v) is 12.1. The van der Waals surface area contributed by atoms with Gasteiger partial charge >= 0.3 is 0 Å². The van der Waals surface area contributed by atoms with Crippen molar-refractivity contribution in [2.75, 3.05) is 43.6 Å². The van der Waals surface area contributed by atoms with Gasteiger partial charge in [0.25, 0.3) is 0 Å². The van der Waals surface area contributed by atoms with E-state index in [0.717, 1.165) is 57.6 Å². The fourth-order valence-electron chi connectivity index (χ4n) is 3.44. The normalized spacial score (nSPS) is 13.8. The second kappa shape index (κ2) is 10.6. The first-order chi connectivity index (χ1) is 15.1. The lowest BCUT2D eigenvalue weighted by Crippen LogP contribution is -2.36. The summed E-state index contributed by atoms with van der Waals surface area (Å²) in [5.41, 5.74) is 3.09. The molecule has 1 aromatic heterocycles. The summed E-state index contributed by atoms with van der Waals surface area (Å²) in [7, 11) is 1.65. The van der Waals surface area contributed by atoms with Gasteiger partial charge in [-0.25, -0.2) is 0 Å². The Bertz CT molecular complexity index is 1010. The quantitative estimate of drug-likeness (QED) is 0.381. The number of hydrogen-bond acceptors (Lipinski definition) is 6. The number of nitrogens with one attached hydrogen (secondary N) is 1. The van der Waals surface area contributed by atoms with Crippen LogP contribution in [0.2, 0.25) is 5.02 Å². The summed E-state index contributed by atoms with van der Waals surface area (Å²) in [6.45, 7) is 4.34. The molecular weight excluding hydrogens is 500 g/mol. The van der Waals surface area contributed by atoms with Crippen molar-refractivity contribution in [1.29, 1.82) is 0 Å². The molecule has 0 saturated carbocycles. The molecule has 1 aliphatic rings. The number of ether oxygens (including phenoxy) is 3. The number of anilines is 2. The van der Waals surface area contributed by atoms with Gasteiger partial charge in [0.1, 0.15) is 6.61 Å². The van der Waals surface area contributed by atoms with Crippen LogP contribution in [0.5, 0.6) is 11.5 Å². The zero-order valence-corrected chi connectivity index (χ0v) is 20.4. The van der Waals surface area contributed by atoms with Crippen molar-refractivity contribution < 1.29 is 14.2 Å². The van der Waals surface area contributed by atoms with Crippen LogP contribution in [0.1, 0.15) is 10.4 Å². The molecule has 164 valence electrons. The Labute approximate surface area is 200 Å². The van der Waals surface area contributed by atoms with Crippen molar-refractivity contribution in [3.05, 3.63) is 67.8 Å². The maximum Gasteiger partial charge on any atom is 0.175 e. The molecule has 1 aliphatic heterocycles. The van der Waals surface area contributed by atoms with Crippen molar-refractivity contribution in [2.45, 2.75) is 13.2 Å². The molecular formula is C23H24BrClN2O3S. The molecule has 0 bridgehead atoms. The van der Waals surface area contributed by atoms with E-state index in [1.54, 1.807) is 18.4 Å². The van der Waals surface area contributed by atoms with Crippen molar-refractivity contribution in [3.63, 3.8) is 0 Å². The Morgan fingerprint density at radius 1 is 1.19 bits per heavy atom. The van der Waals surface area contributed by atoms with Crippen LogP contribution >= 0.6 is 38.9 Å². The molecule has 0 unspecified atom stereocenters. The third kappa shape index (κ3) is 5.66. The molecule has 0 aliphatic carbocycles. The van der Waals surface area contributed by atoms with E-state index in [-0.39, 0.29) is 0 Å². The van der Waals surface area contributed by atoms with Gasteiger partial charge in [0, 0.05) is 30.2 Å². The van der Waals surface area contributed by atoms with Crippen LogP contribution in [0.25, 0.3) is 0 Å². The molecule has 1 N–H and O–H groups in total. The summed E-state index contributed by atoms with van der Waals surface area (Å²) in [4.78, 5) is 3.42. The van der Waals surface area contributed by atoms with E-state index >= 15 is 0 Å². The third-order valence-electron chi connectivity index (χ3n) is 5.02. The van der Waals surface area contributed by atoms with E-state index in [0.29, 0.717) is 24.7 Å². The predicted octanol–water partition coefficient (Wildman–Crippen LogP) is 6.20. The number of benzene rings is 2. The molecule has 0 atom stereocenters. The minimum absolute atomic E-state index is 0.512. The highest BCUT2D eigenvalue weighted by atomic mass is 79.9. The van der Waals surface area contributed by atoms with Gasteiger partial charge in [-0.3, -0.25) is 0 Å². The summed E-state index contributed by atoms with van der Waals surface area (Å²) >= 11 is 11.8. The monoisotopic (exact) mass is 522 g/mol. The maximum atomic E-state index is 6.55. The van der Waals surface area contributed by atoms with Gasteiger partial charge in [-0.2, -0.15) is 0 Å². The number of halogens is 2. The molecule has 0 amide bonds. The summed E-state index contributed by atoms with van der Waals surface area (Å²) < 4.78 is 17.9. The third-order valence-corrected chi connectivity index (χ3v) is 6.77. The van der Waals surface area contributed by atoms with Crippen molar-refractivity contribution in [1.82, 2.24) is 0 Å². The van der Waals surface area contributed by atoms with Gasteiger partial charge in [-0.05, 0) is 63.3 Å². The van der Waals surface area contributed by atoms with E-state index in [9.17, 15) is 0 Å². The minimum Gasteiger partial charge on any atom is -0.493 e. The molecule has 0 radical (unpaired) electrons. The summed E-state index contributed by atoms with van der Waals surface area (Å²) in [6, 6.07) is 14.2. The fraction of sp³-hybridized carbons (Fsp3) is 0.304. The van der Waals surface area contributed by atoms with Crippen LogP contribution in [-0.2, 0) is 17.9 Å². The number of methoxy groups -OCH3 is 1. The van der Waals surface area contributed by atoms with E-state index in [4.69, 9.17) is 25.8 Å². The van der Waals surface area contributed by atoms with Gasteiger partial charge < -0.3 is 24.4 Å². The van der Waals surface area contributed by atoms with E-state index in [1.165, 1.54) is 0 Å². The highest BCUT2D eigenvalue weighted by Gasteiger charge is 2.15. The summed E-state index contributed by atoms with van der Waals surface area (Å²) in [5, 5.41) is 6.22. The second-order valence-electron chi connectivity index (χ2n) is 7.10. The number of nitrogens with zero attached hydrogens (tertiary/aromatic N) is 1. The first kappa shape index (κ1) is 22.3. The van der Waals surface area contributed by atoms with Crippen LogP contribution in [0.3, 0.4) is 0 Å². The van der Waals surface area contributed by atoms with Gasteiger partial charge in [-0.15, -0.1) is 11.3 Å². The molecule has 0 spiro atoms. The van der Waals surface area contributed by atoms with E-state index in [2.05, 4.69) is 44.3 Å². The SMILES string of the molecule is COc1cc(CNc2ccc(N3CCOCC3)c(Cl)c2)cc(Br)c1OCc1cccs1. The zero-order chi connectivity index (χ0) is 21.6. The second-order valence-corrected chi connectivity index (χ2v) is 9.39. The van der Waals surface area contributed by atoms with E-state index < -0.39 is 0 Å². The molecule has 31 heavy (non-hydrogen) atoms. The summed E-state index contributed by atoms with van der Waals surface area (Å²) in [5.74, 6) is 1.40. The zero-order valence-electron chi connectivity index (χ0n) is 17.2. The minimum atomic E-state index is 0.512. The lowest BCUT2D eigenvalue weighted by Gasteiger charge is -2.29. The summed E-state index contributed by atoms with van der Waals surface area (Å²) in [6.07, 6.45) is 0. The Kier molecular flexibility index (Phi) is 7.61. The first-order valence-electron chi connectivity index (χ1n) is 10.0. The van der Waals surface area contributed by atoms with Gasteiger partial charge in [-0.1, -0.05) is 17.7 Å². The van der Waals surface area contributed by atoms with Crippen LogP contribution in [0, 0.1) is 0 Å². The van der Waals surface area contributed by atoms with Crippen molar-refractivity contribution >= 4 is 50.2 Å². The lowest BCUT2D eigenvalue weighted by atomic mass is 10.2. The molecule has 4 rings (SSSR count). The maximum absolute atomic E-state index is 6.55. The fourth-order valence-corrected chi connectivity index (χ4v) is 4.96. The molecule has 1 saturated heterocycles. The molecule has 2 aromatic carbocycles. The largest absolute Gasteiger partial charge is 0.493 e. The average Bonchev–Trinajstić information content (AvgIpc) is 3.31. The molecule has 2 heterocycles. The van der Waals surface area contributed by atoms with Crippen LogP contribution in [0.4, 0.5) is 11.4 Å². The van der Waals surface area contributed by atoms with Crippen LogP contribution < -0.4 is 19.7 Å². The number of hydrogen-bond donors (Lipinski definition) is 1. The molecule has 5 nitrogen and oxygen atoms in total. The predicted molar refractivity (Wildman–Crippen MR) is 131 cm³/mol. The Hall–Kier alpha value is -1.93. The molecule has 1 fully saturated rings. The van der Waals surface area contributed by atoms with Gasteiger partial charge in [0.15, 0.2) is 11.5 Å². The van der Waals surface area contributed by atoms with Crippen molar-refractivity contribution in [3.8, 4) is 11.5 Å². The number of thiophene rings is 1. The Morgan fingerprint density at radius 3 is 2.74 bits per heavy atom. The number of morpholine rings is 1. The van der Waals surface area contributed by atoms with Gasteiger partial charge in [0.2, 0.25) is 0 Å². The van der Waals surface area contributed by atoms with E-state index in [1.807, 2.05) is 29.6 Å². The smallest absolute Gasteiger partial charge is 0.175 e. The van der Waals surface area contributed by atoms with Crippen LogP contribution in [-0.4, -0.2) is 33.4 Å². The topological polar surface area (TPSA) is 43.0 Å². The van der Waals surface area contributed by atoms with Gasteiger partial charge in [0.05, 0.1) is 35.5 Å². The van der Waals surface area contributed by atoms with Crippen molar-refractivity contribution in [2.24, 2.45) is 0 Å². The standard InChI is InChI=1S/C23H24BrClN2O3S/c1-28-22-12-16(11-19(24)23(22)30-15-18-3-2-10-31-18)14-26-17-4-5-21(20(25)13-17)27-6-8-29-9-7-27/h2-5,10-13,26H,6-9,14-15H2,1H3. The lowest BCUT2D eigenvalue weighted by molar-refractivity contribution is 0.122. The Morgan fingerprint density at radius 2 is 2.03 bits per heavy atom. The highest BCUT2D eigenvalue weighted by Crippen LogP contribution is 2.38.